The van der Waals surface area contributed by atoms with Crippen molar-refractivity contribution in [3.05, 3.63) is 48.0 Å². The maximum absolute atomic E-state index is 13.2. The second kappa shape index (κ2) is 7.74. The Balaban J connectivity index is 1.48. The first kappa shape index (κ1) is 19.1. The van der Waals surface area contributed by atoms with Crippen molar-refractivity contribution < 1.29 is 14.3 Å². The largest absolute Gasteiger partial charge is 0.497 e. The first-order valence-electron chi connectivity index (χ1n) is 10.8. The highest BCUT2D eigenvalue weighted by Crippen LogP contribution is 2.40. The molecule has 0 aromatic heterocycles. The van der Waals surface area contributed by atoms with Gasteiger partial charge in [0, 0.05) is 37.4 Å². The molecular formula is C24H29N3O3. The zero-order chi connectivity index (χ0) is 20.7. The average molecular weight is 408 g/mol. The Labute approximate surface area is 177 Å². The van der Waals surface area contributed by atoms with Gasteiger partial charge >= 0.3 is 0 Å². The molecule has 0 radical (unpaired) electrons. The number of para-hydroxylation sites is 2. The molecule has 0 unspecified atom stereocenters. The summed E-state index contributed by atoms with van der Waals surface area (Å²) in [4.78, 5) is 18.0. The normalized spacial score (nSPS) is 22.7. The van der Waals surface area contributed by atoms with Crippen LogP contribution in [0.5, 0.6) is 11.5 Å². The highest BCUT2D eigenvalue weighted by molar-refractivity contribution is 5.83. The summed E-state index contributed by atoms with van der Waals surface area (Å²) in [6, 6.07) is 14.9. The van der Waals surface area contributed by atoms with Gasteiger partial charge in [-0.2, -0.15) is 0 Å². The lowest BCUT2D eigenvalue weighted by atomic mass is 9.83. The fourth-order valence-corrected chi connectivity index (χ4v) is 4.85. The SMILES string of the molecule is COc1ccc2c(c1)N1CCN(c3ccccc3OC)C[C@H]1[C@@H](C(=O)NC1CC1)C2. The number of fused-ring (bicyclic) bond motifs is 3. The summed E-state index contributed by atoms with van der Waals surface area (Å²) in [6.07, 6.45) is 2.97. The van der Waals surface area contributed by atoms with Crippen molar-refractivity contribution in [2.75, 3.05) is 43.7 Å². The third kappa shape index (κ3) is 3.44. The highest BCUT2D eigenvalue weighted by atomic mass is 16.5. The molecule has 30 heavy (non-hydrogen) atoms. The summed E-state index contributed by atoms with van der Waals surface area (Å²) in [5.41, 5.74) is 3.53. The van der Waals surface area contributed by atoms with Crippen LogP contribution in [-0.4, -0.2) is 51.8 Å². The Kier molecular flexibility index (Phi) is 4.93. The fourth-order valence-electron chi connectivity index (χ4n) is 4.85. The average Bonchev–Trinajstić information content (AvgIpc) is 3.61. The molecule has 2 aliphatic heterocycles. The number of methoxy groups -OCH3 is 2. The topological polar surface area (TPSA) is 54.0 Å². The molecule has 3 aliphatic rings. The van der Waals surface area contributed by atoms with Gasteiger partial charge in [0.05, 0.1) is 31.9 Å². The van der Waals surface area contributed by atoms with E-state index in [0.717, 1.165) is 56.1 Å². The van der Waals surface area contributed by atoms with Crippen LogP contribution in [0.15, 0.2) is 42.5 Å². The van der Waals surface area contributed by atoms with E-state index < -0.39 is 0 Å². The molecule has 1 saturated heterocycles. The van der Waals surface area contributed by atoms with Crippen molar-refractivity contribution in [2.45, 2.75) is 31.3 Å². The lowest BCUT2D eigenvalue weighted by molar-refractivity contribution is -0.126. The summed E-state index contributed by atoms with van der Waals surface area (Å²) in [5.74, 6) is 1.86. The van der Waals surface area contributed by atoms with Crippen LogP contribution in [0.25, 0.3) is 0 Å². The van der Waals surface area contributed by atoms with Crippen LogP contribution in [0.4, 0.5) is 11.4 Å². The van der Waals surface area contributed by atoms with Gasteiger partial charge in [-0.3, -0.25) is 4.79 Å². The van der Waals surface area contributed by atoms with Crippen LogP contribution >= 0.6 is 0 Å². The Morgan fingerprint density at radius 2 is 1.87 bits per heavy atom. The van der Waals surface area contributed by atoms with Gasteiger partial charge in [-0.15, -0.1) is 0 Å². The van der Waals surface area contributed by atoms with Crippen molar-refractivity contribution in [3.63, 3.8) is 0 Å². The van der Waals surface area contributed by atoms with Crippen LogP contribution in [0.2, 0.25) is 0 Å². The van der Waals surface area contributed by atoms with Crippen molar-refractivity contribution in [3.8, 4) is 11.5 Å². The highest BCUT2D eigenvalue weighted by Gasteiger charge is 2.43. The van der Waals surface area contributed by atoms with E-state index >= 15 is 0 Å². The Hall–Kier alpha value is -2.89. The molecule has 1 saturated carbocycles. The molecule has 2 heterocycles. The van der Waals surface area contributed by atoms with Crippen molar-refractivity contribution >= 4 is 17.3 Å². The predicted octanol–water partition coefficient (Wildman–Crippen LogP) is 2.85. The monoisotopic (exact) mass is 407 g/mol. The van der Waals surface area contributed by atoms with Crippen molar-refractivity contribution in [2.24, 2.45) is 5.92 Å². The maximum Gasteiger partial charge on any atom is 0.225 e. The zero-order valence-corrected chi connectivity index (χ0v) is 17.6. The molecule has 5 rings (SSSR count). The number of hydrogen-bond donors (Lipinski definition) is 1. The lowest BCUT2D eigenvalue weighted by Gasteiger charge is -2.49. The Morgan fingerprint density at radius 3 is 2.63 bits per heavy atom. The van der Waals surface area contributed by atoms with Gasteiger partial charge in [0.15, 0.2) is 0 Å². The molecule has 2 atom stereocenters. The summed E-state index contributed by atoms with van der Waals surface area (Å²) >= 11 is 0. The fraction of sp³-hybridized carbons (Fsp3) is 0.458. The van der Waals surface area contributed by atoms with E-state index in [9.17, 15) is 4.79 Å². The molecule has 0 spiro atoms. The number of rotatable bonds is 5. The molecule has 2 aromatic carbocycles. The smallest absolute Gasteiger partial charge is 0.225 e. The molecule has 1 aliphatic carbocycles. The second-order valence-corrected chi connectivity index (χ2v) is 8.47. The Morgan fingerprint density at radius 1 is 1.03 bits per heavy atom. The van der Waals surface area contributed by atoms with E-state index in [4.69, 9.17) is 9.47 Å². The standard InChI is InChI=1S/C24H29N3O3/c1-29-18-10-7-16-13-19(24(28)25-17-8-9-17)22-15-26(11-12-27(22)21(16)14-18)20-5-3-4-6-23(20)30-2/h3-7,10,14,17,19,22H,8-9,11-13,15H2,1-2H3,(H,25,28)/t19-,22-/m0/s1. The Bertz CT molecular complexity index is 943. The lowest BCUT2D eigenvalue weighted by Crippen LogP contribution is -2.61. The molecule has 2 aromatic rings. The van der Waals surface area contributed by atoms with Crippen LogP contribution < -0.4 is 24.6 Å². The molecule has 1 N–H and O–H groups in total. The zero-order valence-electron chi connectivity index (χ0n) is 17.6. The molecule has 0 bridgehead atoms. The first-order valence-corrected chi connectivity index (χ1v) is 10.8. The number of amides is 1. The third-order valence-corrected chi connectivity index (χ3v) is 6.61. The number of anilines is 2. The van der Waals surface area contributed by atoms with Crippen LogP contribution in [0.3, 0.4) is 0 Å². The molecule has 6 heteroatoms. The number of ether oxygens (including phenoxy) is 2. The predicted molar refractivity (Wildman–Crippen MR) is 118 cm³/mol. The van der Waals surface area contributed by atoms with E-state index in [0.29, 0.717) is 6.04 Å². The van der Waals surface area contributed by atoms with Gasteiger partial charge in [-0.05, 0) is 43.0 Å². The van der Waals surface area contributed by atoms with Gasteiger partial charge < -0.3 is 24.6 Å². The van der Waals surface area contributed by atoms with E-state index in [1.165, 1.54) is 11.3 Å². The van der Waals surface area contributed by atoms with E-state index in [2.05, 4.69) is 33.3 Å². The van der Waals surface area contributed by atoms with Gasteiger partial charge in [-0.1, -0.05) is 18.2 Å². The number of nitrogens with zero attached hydrogens (tertiary/aromatic N) is 2. The quantitative estimate of drug-likeness (QED) is 0.826. The minimum atomic E-state index is -0.0657. The van der Waals surface area contributed by atoms with Crippen LogP contribution in [-0.2, 0) is 11.2 Å². The first-order chi connectivity index (χ1) is 14.7. The van der Waals surface area contributed by atoms with Gasteiger partial charge in [0.1, 0.15) is 11.5 Å². The van der Waals surface area contributed by atoms with E-state index in [-0.39, 0.29) is 17.9 Å². The molecule has 158 valence electrons. The van der Waals surface area contributed by atoms with E-state index in [1.807, 2.05) is 24.3 Å². The summed E-state index contributed by atoms with van der Waals surface area (Å²) in [7, 11) is 3.41. The second-order valence-electron chi connectivity index (χ2n) is 8.47. The third-order valence-electron chi connectivity index (χ3n) is 6.61. The van der Waals surface area contributed by atoms with Gasteiger partial charge in [0.2, 0.25) is 5.91 Å². The number of hydrogen-bond acceptors (Lipinski definition) is 5. The minimum Gasteiger partial charge on any atom is -0.497 e. The molecule has 2 fully saturated rings. The molecule has 6 nitrogen and oxygen atoms in total. The number of carbonyl (C=O) groups is 1. The van der Waals surface area contributed by atoms with Crippen LogP contribution in [0, 0.1) is 5.92 Å². The molecular weight excluding hydrogens is 378 g/mol. The van der Waals surface area contributed by atoms with Crippen molar-refractivity contribution in [1.29, 1.82) is 0 Å². The van der Waals surface area contributed by atoms with Crippen LogP contribution in [0.1, 0.15) is 18.4 Å². The van der Waals surface area contributed by atoms with E-state index in [1.54, 1.807) is 14.2 Å². The number of piperazine rings is 1. The van der Waals surface area contributed by atoms with Gasteiger partial charge in [0.25, 0.3) is 0 Å². The number of carbonyl (C=O) groups excluding carboxylic acids is 1. The summed E-state index contributed by atoms with van der Waals surface area (Å²) < 4.78 is 11.1. The summed E-state index contributed by atoms with van der Waals surface area (Å²) in [5, 5.41) is 3.25. The van der Waals surface area contributed by atoms with Gasteiger partial charge in [-0.25, -0.2) is 0 Å². The minimum absolute atomic E-state index is 0.0657. The maximum atomic E-state index is 13.2. The number of benzene rings is 2. The number of nitrogens with one attached hydrogen (secondary N) is 1. The summed E-state index contributed by atoms with van der Waals surface area (Å²) in [6.45, 7) is 2.53. The van der Waals surface area contributed by atoms with Crippen molar-refractivity contribution in [1.82, 2.24) is 5.32 Å². The molecule has 1 amide bonds.